The molecule has 0 saturated heterocycles. The molecule has 0 bridgehead atoms. The van der Waals surface area contributed by atoms with E-state index < -0.39 is 16.0 Å². The van der Waals surface area contributed by atoms with Gasteiger partial charge in [-0.25, -0.2) is 13.4 Å². The number of rotatable bonds is 9. The van der Waals surface area contributed by atoms with Gasteiger partial charge in [-0.05, 0) is 61.5 Å². The van der Waals surface area contributed by atoms with Gasteiger partial charge in [0.2, 0.25) is 0 Å². The number of imidazole rings is 1. The summed E-state index contributed by atoms with van der Waals surface area (Å²) in [5.41, 5.74) is 2.25. The van der Waals surface area contributed by atoms with Gasteiger partial charge < -0.3 is 14.0 Å². The third kappa shape index (κ3) is 5.51. The van der Waals surface area contributed by atoms with E-state index in [-0.39, 0.29) is 24.7 Å². The molecule has 5 aromatic rings. The highest BCUT2D eigenvalue weighted by atomic mass is 32.2. The first kappa shape index (κ1) is 25.7. The van der Waals surface area contributed by atoms with E-state index in [0.717, 1.165) is 0 Å². The van der Waals surface area contributed by atoms with Gasteiger partial charge in [-0.1, -0.05) is 18.2 Å². The van der Waals surface area contributed by atoms with Crippen molar-refractivity contribution in [1.82, 2.24) is 14.5 Å². The number of ether oxygens (including phenoxy) is 2. The molecule has 0 atom stereocenters. The highest BCUT2D eigenvalue weighted by Crippen LogP contribution is 2.26. The summed E-state index contributed by atoms with van der Waals surface area (Å²) in [5, 5.41) is 9.70. The lowest BCUT2D eigenvalue weighted by molar-refractivity contribution is -0.143. The zero-order valence-corrected chi connectivity index (χ0v) is 21.7. The summed E-state index contributed by atoms with van der Waals surface area (Å²) >= 11 is 0. The molecule has 0 spiro atoms. The quantitative estimate of drug-likeness (QED) is 0.271. The maximum Gasteiger partial charge on any atom is 0.326 e. The number of fused-ring (bicyclic) bond motifs is 2. The van der Waals surface area contributed by atoms with Crippen LogP contribution in [0.15, 0.2) is 83.9 Å². The zero-order chi connectivity index (χ0) is 27.4. The molecule has 0 aliphatic heterocycles. The molecular weight excluding hydrogens is 518 g/mol. The van der Waals surface area contributed by atoms with Crippen LogP contribution in [0.5, 0.6) is 5.75 Å². The summed E-state index contributed by atoms with van der Waals surface area (Å²) in [4.78, 5) is 21.3. The first-order valence-electron chi connectivity index (χ1n) is 12.0. The lowest BCUT2D eigenvalue weighted by Crippen LogP contribution is -2.16. The fourth-order valence-electron chi connectivity index (χ4n) is 4.14. The van der Waals surface area contributed by atoms with E-state index in [1.807, 2.05) is 0 Å². The van der Waals surface area contributed by atoms with Crippen LogP contribution in [0.4, 0.5) is 5.69 Å². The van der Waals surface area contributed by atoms with Crippen molar-refractivity contribution >= 4 is 43.6 Å². The predicted molar refractivity (Wildman–Crippen MR) is 144 cm³/mol. The van der Waals surface area contributed by atoms with Crippen LogP contribution in [0.25, 0.3) is 21.9 Å². The predicted octanol–water partition coefficient (Wildman–Crippen LogP) is 4.40. The number of carbonyl (C=O) groups excluding carboxylic acids is 1. The molecule has 0 aliphatic carbocycles. The molecule has 0 aliphatic rings. The second kappa shape index (κ2) is 10.8. The minimum atomic E-state index is -3.96. The molecule has 39 heavy (non-hydrogen) atoms. The van der Waals surface area contributed by atoms with Crippen LogP contribution in [0, 0.1) is 11.3 Å². The van der Waals surface area contributed by atoms with Crippen LogP contribution in [0.3, 0.4) is 0 Å². The van der Waals surface area contributed by atoms with Gasteiger partial charge in [0.25, 0.3) is 10.0 Å². The molecule has 2 heterocycles. The lowest BCUT2D eigenvalue weighted by atomic mass is 10.2. The maximum absolute atomic E-state index is 13.3. The van der Waals surface area contributed by atoms with E-state index in [0.29, 0.717) is 44.8 Å². The van der Waals surface area contributed by atoms with Crippen molar-refractivity contribution in [2.45, 2.75) is 25.0 Å². The van der Waals surface area contributed by atoms with Crippen molar-refractivity contribution in [2.75, 3.05) is 11.3 Å². The SMILES string of the molecule is CCOC(=O)Cn1c(COc2ccc(C#N)cc2)nc2cc(NS(=O)(=O)c3cccc4cccnc34)ccc21. The van der Waals surface area contributed by atoms with E-state index in [1.165, 1.54) is 6.07 Å². The van der Waals surface area contributed by atoms with Gasteiger partial charge in [0, 0.05) is 11.6 Å². The Hall–Kier alpha value is -4.95. The van der Waals surface area contributed by atoms with Crippen molar-refractivity contribution < 1.29 is 22.7 Å². The average Bonchev–Trinajstić information content (AvgIpc) is 3.27. The number of sulfonamides is 1. The van der Waals surface area contributed by atoms with Crippen molar-refractivity contribution in [1.29, 1.82) is 5.26 Å². The van der Waals surface area contributed by atoms with Gasteiger partial charge in [-0.2, -0.15) is 5.26 Å². The minimum absolute atomic E-state index is 0.0305. The molecule has 196 valence electrons. The smallest absolute Gasteiger partial charge is 0.326 e. The number of carbonyl (C=O) groups is 1. The standard InChI is InChI=1S/C28H23N5O5S/c1-2-37-27(34)17-33-24-13-10-21(32-39(35,36)25-7-3-5-20-6-4-14-30-28(20)25)15-23(24)31-26(33)18-38-22-11-8-19(16-29)9-12-22/h3-15,32H,2,17-18H2,1H3. The van der Waals surface area contributed by atoms with Gasteiger partial charge >= 0.3 is 5.97 Å². The Kier molecular flexibility index (Phi) is 7.12. The molecule has 0 fully saturated rings. The molecule has 0 amide bonds. The lowest BCUT2D eigenvalue weighted by Gasteiger charge is -2.11. The largest absolute Gasteiger partial charge is 0.486 e. The molecule has 1 N–H and O–H groups in total. The minimum Gasteiger partial charge on any atom is -0.486 e. The van der Waals surface area contributed by atoms with E-state index >= 15 is 0 Å². The monoisotopic (exact) mass is 541 g/mol. The summed E-state index contributed by atoms with van der Waals surface area (Å²) in [6, 6.07) is 22.1. The first-order chi connectivity index (χ1) is 18.9. The van der Waals surface area contributed by atoms with Gasteiger partial charge in [0.05, 0.1) is 40.5 Å². The Bertz CT molecular complexity index is 1820. The highest BCUT2D eigenvalue weighted by Gasteiger charge is 2.20. The number of nitrogens with zero attached hydrogens (tertiary/aromatic N) is 4. The van der Waals surface area contributed by atoms with Crippen molar-refractivity contribution in [3.8, 4) is 11.8 Å². The summed E-state index contributed by atoms with van der Waals surface area (Å²) < 4.78 is 41.8. The number of nitrogens with one attached hydrogen (secondary N) is 1. The average molecular weight is 542 g/mol. The van der Waals surface area contributed by atoms with Crippen LogP contribution in [-0.4, -0.2) is 35.5 Å². The third-order valence-corrected chi connectivity index (χ3v) is 7.32. The molecule has 0 saturated carbocycles. The number of nitriles is 1. The fourth-order valence-corrected chi connectivity index (χ4v) is 5.37. The normalized spacial score (nSPS) is 11.3. The van der Waals surface area contributed by atoms with E-state index in [4.69, 9.17) is 14.7 Å². The van der Waals surface area contributed by atoms with Gasteiger partial charge in [0.15, 0.2) is 0 Å². The molecular formula is C28H23N5O5S. The van der Waals surface area contributed by atoms with Crippen LogP contribution >= 0.6 is 0 Å². The van der Waals surface area contributed by atoms with E-state index in [9.17, 15) is 13.2 Å². The second-order valence-corrected chi connectivity index (χ2v) is 10.1. The summed E-state index contributed by atoms with van der Waals surface area (Å²) in [7, 11) is -3.96. The van der Waals surface area contributed by atoms with Crippen LogP contribution in [0.2, 0.25) is 0 Å². The van der Waals surface area contributed by atoms with Crippen molar-refractivity contribution in [2.24, 2.45) is 0 Å². The first-order valence-corrected chi connectivity index (χ1v) is 13.5. The molecule has 5 rings (SSSR count). The number of esters is 1. The molecule has 3 aromatic carbocycles. The van der Waals surface area contributed by atoms with Crippen molar-refractivity contribution in [3.05, 3.63) is 90.4 Å². The van der Waals surface area contributed by atoms with Gasteiger partial charge in [-0.3, -0.25) is 14.5 Å². The summed E-state index contributed by atoms with van der Waals surface area (Å²) in [6.07, 6.45) is 1.55. The topological polar surface area (TPSA) is 136 Å². The zero-order valence-electron chi connectivity index (χ0n) is 20.9. The maximum atomic E-state index is 13.3. The molecule has 10 nitrogen and oxygen atoms in total. The third-order valence-electron chi connectivity index (χ3n) is 5.91. The fraction of sp³-hybridized carbons (Fsp3) is 0.143. The summed E-state index contributed by atoms with van der Waals surface area (Å²) in [5.74, 6) is 0.534. The molecule has 0 unspecified atom stereocenters. The molecule has 0 radical (unpaired) electrons. The summed E-state index contributed by atoms with van der Waals surface area (Å²) in [6.45, 7) is 1.89. The van der Waals surface area contributed by atoms with Crippen LogP contribution < -0.4 is 9.46 Å². The number of aromatic nitrogens is 3. The Balaban J connectivity index is 1.46. The van der Waals surface area contributed by atoms with E-state index in [2.05, 4.69) is 20.8 Å². The number of hydrogen-bond acceptors (Lipinski definition) is 8. The van der Waals surface area contributed by atoms with Gasteiger partial charge in [0.1, 0.15) is 29.6 Å². The second-order valence-electron chi connectivity index (χ2n) is 8.48. The number of pyridine rings is 1. The number of benzene rings is 3. The number of anilines is 1. The Morgan fingerprint density at radius 3 is 2.64 bits per heavy atom. The van der Waals surface area contributed by atoms with Crippen LogP contribution in [0.1, 0.15) is 18.3 Å². The Morgan fingerprint density at radius 1 is 1.08 bits per heavy atom. The number of para-hydroxylation sites is 1. The Labute approximate surface area is 224 Å². The molecule has 11 heteroatoms. The van der Waals surface area contributed by atoms with Gasteiger partial charge in [-0.15, -0.1) is 0 Å². The number of hydrogen-bond donors (Lipinski definition) is 1. The van der Waals surface area contributed by atoms with E-state index in [1.54, 1.807) is 84.4 Å². The van der Waals surface area contributed by atoms with Crippen LogP contribution in [-0.2, 0) is 32.7 Å². The van der Waals surface area contributed by atoms with Crippen molar-refractivity contribution in [3.63, 3.8) is 0 Å². The molecule has 2 aromatic heterocycles. The highest BCUT2D eigenvalue weighted by molar-refractivity contribution is 7.93. The Morgan fingerprint density at radius 2 is 1.87 bits per heavy atom.